The summed E-state index contributed by atoms with van der Waals surface area (Å²) in [6.45, 7) is 0.342. The fraction of sp³-hybridized carbons (Fsp3) is 0.385. The molecule has 2 heterocycles. The van der Waals surface area contributed by atoms with Gasteiger partial charge in [0.1, 0.15) is 0 Å². The lowest BCUT2D eigenvalue weighted by molar-refractivity contribution is 0.173. The van der Waals surface area contributed by atoms with Gasteiger partial charge in [0.15, 0.2) is 11.5 Å². The molecular weight excluding hydrogens is 216 g/mol. The van der Waals surface area contributed by atoms with Crippen LogP contribution in [0.5, 0.6) is 11.5 Å². The molecule has 4 heteroatoms. The minimum atomic E-state index is 0.342. The fourth-order valence-electron chi connectivity index (χ4n) is 2.97. The summed E-state index contributed by atoms with van der Waals surface area (Å²) in [5.74, 6) is 1.82. The van der Waals surface area contributed by atoms with E-state index in [2.05, 4.69) is 16.5 Å². The van der Waals surface area contributed by atoms with Crippen LogP contribution in [0, 0.1) is 0 Å². The van der Waals surface area contributed by atoms with Crippen LogP contribution >= 0.6 is 0 Å². The molecular formula is C13H14N2O2. The van der Waals surface area contributed by atoms with E-state index in [9.17, 15) is 0 Å². The number of hydrogen-bond donors (Lipinski definition) is 2. The Morgan fingerprint density at radius 2 is 2.29 bits per heavy atom. The van der Waals surface area contributed by atoms with Crippen LogP contribution in [-0.4, -0.2) is 24.9 Å². The summed E-state index contributed by atoms with van der Waals surface area (Å²) >= 11 is 0. The quantitative estimate of drug-likeness (QED) is 0.782. The van der Waals surface area contributed by atoms with Crippen LogP contribution in [0.3, 0.4) is 0 Å². The van der Waals surface area contributed by atoms with E-state index in [0.29, 0.717) is 12.8 Å². The molecule has 17 heavy (non-hydrogen) atoms. The largest absolute Gasteiger partial charge is 0.454 e. The summed E-state index contributed by atoms with van der Waals surface area (Å²) in [7, 11) is 2.01. The second-order valence-corrected chi connectivity index (χ2v) is 4.72. The van der Waals surface area contributed by atoms with Crippen molar-refractivity contribution in [3.8, 4) is 11.5 Å². The molecule has 0 bridgehead atoms. The number of likely N-dealkylation sites (N-methyl/N-ethyl adjacent to an activating group) is 1. The highest BCUT2D eigenvalue weighted by Crippen LogP contribution is 2.44. The number of ether oxygens (including phenoxy) is 2. The maximum Gasteiger partial charge on any atom is 0.231 e. The van der Waals surface area contributed by atoms with E-state index in [1.54, 1.807) is 0 Å². The Balaban J connectivity index is 2.03. The van der Waals surface area contributed by atoms with E-state index < -0.39 is 0 Å². The number of hydrogen-bond acceptors (Lipinski definition) is 3. The molecule has 0 amide bonds. The Labute approximate surface area is 98.9 Å². The topological polar surface area (TPSA) is 46.3 Å². The van der Waals surface area contributed by atoms with Crippen molar-refractivity contribution in [1.82, 2.24) is 10.3 Å². The van der Waals surface area contributed by atoms with Gasteiger partial charge in [-0.1, -0.05) is 0 Å². The molecule has 1 aromatic heterocycles. The molecule has 0 radical (unpaired) electrons. The highest BCUT2D eigenvalue weighted by Gasteiger charge is 2.28. The van der Waals surface area contributed by atoms with E-state index in [4.69, 9.17) is 9.47 Å². The van der Waals surface area contributed by atoms with Crippen LogP contribution < -0.4 is 14.8 Å². The third-order valence-corrected chi connectivity index (χ3v) is 3.81. The maximum atomic E-state index is 5.62. The summed E-state index contributed by atoms with van der Waals surface area (Å²) in [4.78, 5) is 3.33. The van der Waals surface area contributed by atoms with Gasteiger partial charge in [0.05, 0.1) is 0 Å². The van der Waals surface area contributed by atoms with Crippen LogP contribution in [0.15, 0.2) is 12.3 Å². The van der Waals surface area contributed by atoms with Gasteiger partial charge < -0.3 is 19.8 Å². The Hall–Kier alpha value is -1.68. The number of fused-ring (bicyclic) bond motifs is 2. The Morgan fingerprint density at radius 3 is 3.18 bits per heavy atom. The second kappa shape index (κ2) is 3.17. The molecule has 0 saturated heterocycles. The van der Waals surface area contributed by atoms with E-state index >= 15 is 0 Å². The van der Waals surface area contributed by atoms with Gasteiger partial charge in [-0.25, -0.2) is 0 Å². The number of benzene rings is 1. The van der Waals surface area contributed by atoms with Crippen molar-refractivity contribution in [2.75, 3.05) is 13.8 Å². The summed E-state index contributed by atoms with van der Waals surface area (Å²) in [5, 5.41) is 4.69. The zero-order valence-electron chi connectivity index (χ0n) is 9.67. The Kier molecular flexibility index (Phi) is 1.74. The molecule has 1 aliphatic carbocycles. The summed E-state index contributed by atoms with van der Waals surface area (Å²) < 4.78 is 11.1. The zero-order valence-corrected chi connectivity index (χ0v) is 9.67. The predicted molar refractivity (Wildman–Crippen MR) is 64.7 cm³/mol. The maximum absolute atomic E-state index is 5.62. The molecule has 2 N–H and O–H groups in total. The van der Waals surface area contributed by atoms with E-state index in [0.717, 1.165) is 29.9 Å². The summed E-state index contributed by atoms with van der Waals surface area (Å²) in [5.41, 5.74) is 3.82. The van der Waals surface area contributed by atoms with E-state index in [-0.39, 0.29) is 0 Å². The average Bonchev–Trinajstić information content (AvgIpc) is 2.97. The van der Waals surface area contributed by atoms with Gasteiger partial charge in [0.25, 0.3) is 0 Å². The Morgan fingerprint density at radius 1 is 1.35 bits per heavy atom. The average molecular weight is 230 g/mol. The molecule has 4 rings (SSSR count). The van der Waals surface area contributed by atoms with E-state index in [1.165, 1.54) is 16.5 Å². The van der Waals surface area contributed by atoms with Crippen molar-refractivity contribution in [2.24, 2.45) is 0 Å². The monoisotopic (exact) mass is 230 g/mol. The number of rotatable bonds is 1. The van der Waals surface area contributed by atoms with Gasteiger partial charge in [0, 0.05) is 34.8 Å². The molecule has 1 aromatic carbocycles. The van der Waals surface area contributed by atoms with Gasteiger partial charge in [-0.15, -0.1) is 0 Å². The highest BCUT2D eigenvalue weighted by molar-refractivity contribution is 5.92. The van der Waals surface area contributed by atoms with Gasteiger partial charge in [-0.3, -0.25) is 0 Å². The van der Waals surface area contributed by atoms with Gasteiger partial charge >= 0.3 is 0 Å². The van der Waals surface area contributed by atoms with Crippen molar-refractivity contribution in [2.45, 2.75) is 18.9 Å². The molecule has 0 spiro atoms. The first-order valence-corrected chi connectivity index (χ1v) is 5.95. The SMILES string of the molecule is CNC1Cc2c[nH]c3cc4c(c(c23)C1)OCO4. The van der Waals surface area contributed by atoms with Crippen molar-refractivity contribution >= 4 is 10.9 Å². The predicted octanol–water partition coefficient (Wildman–Crippen LogP) is 1.58. The first-order valence-electron chi connectivity index (χ1n) is 5.95. The molecule has 0 saturated carbocycles. The normalized spacial score (nSPS) is 21.1. The van der Waals surface area contributed by atoms with Crippen LogP contribution in [-0.2, 0) is 12.8 Å². The first-order chi connectivity index (χ1) is 8.36. The number of aromatic amines is 1. The standard InChI is InChI=1S/C13H14N2O2/c1-14-8-2-7-5-15-10-4-11-13(17-6-16-11)9(3-8)12(7)10/h4-5,8,14-15H,2-3,6H2,1H3. The third kappa shape index (κ3) is 1.16. The first kappa shape index (κ1) is 9.36. The molecule has 2 aromatic rings. The highest BCUT2D eigenvalue weighted by atomic mass is 16.7. The fourth-order valence-corrected chi connectivity index (χ4v) is 2.97. The van der Waals surface area contributed by atoms with Crippen LogP contribution in [0.4, 0.5) is 0 Å². The van der Waals surface area contributed by atoms with Gasteiger partial charge in [0.2, 0.25) is 6.79 Å². The number of H-pyrrole nitrogens is 1. The zero-order chi connectivity index (χ0) is 11.4. The van der Waals surface area contributed by atoms with Crippen LogP contribution in [0.2, 0.25) is 0 Å². The number of aromatic nitrogens is 1. The lowest BCUT2D eigenvalue weighted by Crippen LogP contribution is -2.32. The smallest absolute Gasteiger partial charge is 0.231 e. The molecule has 1 aliphatic heterocycles. The molecule has 1 atom stereocenters. The van der Waals surface area contributed by atoms with Crippen molar-refractivity contribution in [1.29, 1.82) is 0 Å². The molecule has 0 fully saturated rings. The molecule has 4 nitrogen and oxygen atoms in total. The van der Waals surface area contributed by atoms with Gasteiger partial charge in [-0.05, 0) is 25.5 Å². The van der Waals surface area contributed by atoms with Crippen molar-refractivity contribution < 1.29 is 9.47 Å². The molecule has 1 unspecified atom stereocenters. The van der Waals surface area contributed by atoms with Crippen molar-refractivity contribution in [3.63, 3.8) is 0 Å². The van der Waals surface area contributed by atoms with Crippen LogP contribution in [0.25, 0.3) is 10.9 Å². The lowest BCUT2D eigenvalue weighted by Gasteiger charge is -2.23. The second-order valence-electron chi connectivity index (χ2n) is 4.72. The molecule has 88 valence electrons. The third-order valence-electron chi connectivity index (χ3n) is 3.81. The van der Waals surface area contributed by atoms with Gasteiger partial charge in [-0.2, -0.15) is 0 Å². The minimum Gasteiger partial charge on any atom is -0.454 e. The number of nitrogens with one attached hydrogen (secondary N) is 2. The lowest BCUT2D eigenvalue weighted by atomic mass is 9.88. The Bertz CT molecular complexity index is 603. The summed E-state index contributed by atoms with van der Waals surface area (Å²) in [6.07, 6.45) is 4.18. The minimum absolute atomic E-state index is 0.342. The molecule has 2 aliphatic rings. The summed E-state index contributed by atoms with van der Waals surface area (Å²) in [6, 6.07) is 2.53. The van der Waals surface area contributed by atoms with E-state index in [1.807, 2.05) is 13.1 Å². The van der Waals surface area contributed by atoms with Crippen LogP contribution in [0.1, 0.15) is 11.1 Å². The van der Waals surface area contributed by atoms with Crippen molar-refractivity contribution in [3.05, 3.63) is 23.4 Å².